The van der Waals surface area contributed by atoms with Crippen molar-refractivity contribution in [3.05, 3.63) is 71.4 Å². The number of aromatic amines is 1. The second-order valence-electron chi connectivity index (χ2n) is 4.84. The van der Waals surface area contributed by atoms with E-state index in [0.29, 0.717) is 11.1 Å². The van der Waals surface area contributed by atoms with Crippen molar-refractivity contribution in [2.45, 2.75) is 0 Å². The highest BCUT2D eigenvalue weighted by Gasteiger charge is 2.07. The first kappa shape index (κ1) is 13.7. The molecule has 0 unspecified atom stereocenters. The van der Waals surface area contributed by atoms with E-state index in [0.717, 1.165) is 16.5 Å². The zero-order valence-corrected chi connectivity index (χ0v) is 11.6. The number of fused-ring (bicyclic) bond motifs is 1. The minimum absolute atomic E-state index is 0.202. The van der Waals surface area contributed by atoms with Gasteiger partial charge in [-0.25, -0.2) is 4.79 Å². The van der Waals surface area contributed by atoms with Gasteiger partial charge < -0.3 is 10.1 Å². The van der Waals surface area contributed by atoms with Crippen molar-refractivity contribution in [3.8, 4) is 6.07 Å². The molecule has 0 aliphatic rings. The van der Waals surface area contributed by atoms with Gasteiger partial charge >= 0.3 is 5.97 Å². The van der Waals surface area contributed by atoms with Crippen LogP contribution in [0.3, 0.4) is 0 Å². The number of para-hydroxylation sites is 1. The Labute approximate surface area is 126 Å². The Bertz CT molecular complexity index is 912. The van der Waals surface area contributed by atoms with Gasteiger partial charge in [0.05, 0.1) is 17.2 Å². The maximum absolute atomic E-state index is 10.9. The molecule has 0 aliphatic heterocycles. The van der Waals surface area contributed by atoms with Crippen LogP contribution in [0.1, 0.15) is 21.5 Å². The summed E-state index contributed by atoms with van der Waals surface area (Å²) in [6.07, 6.45) is 3.65. The monoisotopic (exact) mass is 288 g/mol. The quantitative estimate of drug-likeness (QED) is 0.717. The van der Waals surface area contributed by atoms with Gasteiger partial charge in [-0.05, 0) is 29.8 Å². The number of carbonyl (C=O) groups is 1. The number of allylic oxidation sites excluding steroid dienone is 1. The molecule has 0 atom stereocenters. The fraction of sp³-hybridized carbons (Fsp3) is 0. The van der Waals surface area contributed by atoms with Gasteiger partial charge in [-0.1, -0.05) is 30.3 Å². The van der Waals surface area contributed by atoms with Crippen molar-refractivity contribution < 1.29 is 9.90 Å². The number of nitrogens with zero attached hydrogens (tertiary/aromatic N) is 1. The summed E-state index contributed by atoms with van der Waals surface area (Å²) in [5.41, 5.74) is 3.31. The number of carboxylic acid groups (broad SMARTS) is 1. The smallest absolute Gasteiger partial charge is 0.335 e. The van der Waals surface area contributed by atoms with Crippen molar-refractivity contribution in [2.24, 2.45) is 0 Å². The van der Waals surface area contributed by atoms with Gasteiger partial charge in [0.1, 0.15) is 0 Å². The van der Waals surface area contributed by atoms with Gasteiger partial charge in [0.25, 0.3) is 0 Å². The first-order valence-electron chi connectivity index (χ1n) is 6.70. The van der Waals surface area contributed by atoms with E-state index in [1.54, 1.807) is 18.2 Å². The van der Waals surface area contributed by atoms with Gasteiger partial charge in [0.2, 0.25) is 0 Å². The van der Waals surface area contributed by atoms with Gasteiger partial charge in [0.15, 0.2) is 0 Å². The number of benzene rings is 2. The van der Waals surface area contributed by atoms with Crippen LogP contribution in [0.2, 0.25) is 0 Å². The van der Waals surface area contributed by atoms with Crippen molar-refractivity contribution >= 4 is 28.5 Å². The summed E-state index contributed by atoms with van der Waals surface area (Å²) in [7, 11) is 0. The first-order chi connectivity index (χ1) is 10.7. The zero-order chi connectivity index (χ0) is 15.5. The van der Waals surface area contributed by atoms with Gasteiger partial charge in [-0.3, -0.25) is 0 Å². The summed E-state index contributed by atoms with van der Waals surface area (Å²) < 4.78 is 0. The molecule has 0 saturated carbocycles. The zero-order valence-electron chi connectivity index (χ0n) is 11.6. The SMILES string of the molecule is N#C/C(=C/c1c[nH]c2ccccc12)c1ccc(C(=O)O)cc1. The van der Waals surface area contributed by atoms with E-state index >= 15 is 0 Å². The molecule has 106 valence electrons. The predicted octanol–water partition coefficient (Wildman–Crippen LogP) is 3.93. The fourth-order valence-electron chi connectivity index (χ4n) is 2.34. The lowest BCUT2D eigenvalue weighted by Gasteiger charge is -2.00. The van der Waals surface area contributed by atoms with Crippen molar-refractivity contribution in [1.82, 2.24) is 4.98 Å². The lowest BCUT2D eigenvalue weighted by Crippen LogP contribution is -1.95. The van der Waals surface area contributed by atoms with Crippen LogP contribution in [0, 0.1) is 11.3 Å². The summed E-state index contributed by atoms with van der Waals surface area (Å²) in [4.78, 5) is 14.0. The second kappa shape index (κ2) is 5.58. The third kappa shape index (κ3) is 2.48. The van der Waals surface area contributed by atoms with E-state index in [4.69, 9.17) is 5.11 Å². The Kier molecular flexibility index (Phi) is 3.47. The Morgan fingerprint density at radius 2 is 1.77 bits per heavy atom. The van der Waals surface area contributed by atoms with Gasteiger partial charge in [0, 0.05) is 22.7 Å². The summed E-state index contributed by atoms with van der Waals surface area (Å²) in [5.74, 6) is -0.981. The molecule has 0 amide bonds. The van der Waals surface area contributed by atoms with Crippen LogP contribution in [-0.4, -0.2) is 16.1 Å². The number of hydrogen-bond acceptors (Lipinski definition) is 2. The van der Waals surface area contributed by atoms with Crippen LogP contribution in [0.5, 0.6) is 0 Å². The average molecular weight is 288 g/mol. The van der Waals surface area contributed by atoms with E-state index in [1.807, 2.05) is 30.5 Å². The Morgan fingerprint density at radius 1 is 1.09 bits per heavy atom. The van der Waals surface area contributed by atoms with Gasteiger partial charge in [-0.15, -0.1) is 0 Å². The Balaban J connectivity index is 2.04. The lowest BCUT2D eigenvalue weighted by atomic mass is 10.0. The highest BCUT2D eigenvalue weighted by molar-refractivity contribution is 5.98. The van der Waals surface area contributed by atoms with E-state index in [9.17, 15) is 10.1 Å². The number of carboxylic acids is 1. The third-order valence-corrected chi connectivity index (χ3v) is 3.48. The molecule has 0 radical (unpaired) electrons. The summed E-state index contributed by atoms with van der Waals surface area (Å²) >= 11 is 0. The van der Waals surface area contributed by atoms with E-state index < -0.39 is 5.97 Å². The molecule has 1 aromatic heterocycles. The number of aromatic carboxylic acids is 1. The molecule has 0 spiro atoms. The highest BCUT2D eigenvalue weighted by Crippen LogP contribution is 2.24. The molecule has 0 fully saturated rings. The minimum Gasteiger partial charge on any atom is -0.478 e. The molecule has 22 heavy (non-hydrogen) atoms. The molecule has 2 aromatic carbocycles. The van der Waals surface area contributed by atoms with Crippen LogP contribution >= 0.6 is 0 Å². The van der Waals surface area contributed by atoms with E-state index in [1.165, 1.54) is 12.1 Å². The molecule has 0 saturated heterocycles. The van der Waals surface area contributed by atoms with E-state index in [-0.39, 0.29) is 5.56 Å². The fourth-order valence-corrected chi connectivity index (χ4v) is 2.34. The number of nitrogens with one attached hydrogen (secondary N) is 1. The van der Waals surface area contributed by atoms with Crippen molar-refractivity contribution in [3.63, 3.8) is 0 Å². The molecule has 0 aliphatic carbocycles. The summed E-state index contributed by atoms with van der Waals surface area (Å²) in [5, 5.41) is 19.3. The Hall–Kier alpha value is -3.32. The van der Waals surface area contributed by atoms with E-state index in [2.05, 4.69) is 11.1 Å². The highest BCUT2D eigenvalue weighted by atomic mass is 16.4. The molecule has 4 heteroatoms. The molecule has 3 rings (SSSR count). The summed E-state index contributed by atoms with van der Waals surface area (Å²) in [6.45, 7) is 0. The molecule has 0 bridgehead atoms. The number of rotatable bonds is 3. The van der Waals surface area contributed by atoms with Crippen molar-refractivity contribution in [2.75, 3.05) is 0 Å². The molecule has 3 aromatic rings. The normalized spacial score (nSPS) is 11.3. The van der Waals surface area contributed by atoms with Crippen molar-refractivity contribution in [1.29, 1.82) is 5.26 Å². The maximum atomic E-state index is 10.9. The van der Waals surface area contributed by atoms with Crippen LogP contribution in [-0.2, 0) is 0 Å². The standard InChI is InChI=1S/C18H12N2O2/c19-10-14(12-5-7-13(8-6-12)18(21)22)9-15-11-20-17-4-2-1-3-16(15)17/h1-9,11,20H,(H,21,22)/b14-9-. The topological polar surface area (TPSA) is 76.9 Å². The second-order valence-corrected chi connectivity index (χ2v) is 4.84. The van der Waals surface area contributed by atoms with Crippen LogP contribution in [0.15, 0.2) is 54.7 Å². The molecule has 4 nitrogen and oxygen atoms in total. The largest absolute Gasteiger partial charge is 0.478 e. The van der Waals surface area contributed by atoms with Crippen LogP contribution in [0.4, 0.5) is 0 Å². The number of H-pyrrole nitrogens is 1. The molecule has 2 N–H and O–H groups in total. The number of aromatic nitrogens is 1. The number of hydrogen-bond donors (Lipinski definition) is 2. The molecule has 1 heterocycles. The Morgan fingerprint density at radius 3 is 2.45 bits per heavy atom. The summed E-state index contributed by atoms with van der Waals surface area (Å²) in [6, 6.07) is 16.3. The van der Waals surface area contributed by atoms with Gasteiger partial charge in [-0.2, -0.15) is 5.26 Å². The molecular weight excluding hydrogens is 276 g/mol. The third-order valence-electron chi connectivity index (χ3n) is 3.48. The maximum Gasteiger partial charge on any atom is 0.335 e. The number of nitriles is 1. The predicted molar refractivity (Wildman–Crippen MR) is 85.2 cm³/mol. The molecular formula is C18H12N2O2. The first-order valence-corrected chi connectivity index (χ1v) is 6.70. The average Bonchev–Trinajstić information content (AvgIpc) is 2.96. The van der Waals surface area contributed by atoms with Crippen LogP contribution in [0.25, 0.3) is 22.6 Å². The lowest BCUT2D eigenvalue weighted by molar-refractivity contribution is 0.0697. The van der Waals surface area contributed by atoms with Crippen LogP contribution < -0.4 is 0 Å². The minimum atomic E-state index is -0.981.